The van der Waals surface area contributed by atoms with Gasteiger partial charge in [0, 0.05) is 30.0 Å². The molecule has 0 spiro atoms. The summed E-state index contributed by atoms with van der Waals surface area (Å²) < 4.78 is 7.97. The molecule has 1 aromatic carbocycles. The maximum absolute atomic E-state index is 6.02. The molecular formula is C16H20ClN3O. The zero-order valence-corrected chi connectivity index (χ0v) is 12.8. The first-order valence-electron chi connectivity index (χ1n) is 7.31. The monoisotopic (exact) mass is 305 g/mol. The molecule has 1 aliphatic heterocycles. The van der Waals surface area contributed by atoms with Crippen LogP contribution in [0.2, 0.25) is 5.02 Å². The fourth-order valence-corrected chi connectivity index (χ4v) is 2.80. The van der Waals surface area contributed by atoms with Gasteiger partial charge in [-0.15, -0.1) is 0 Å². The summed E-state index contributed by atoms with van der Waals surface area (Å²) in [6.45, 7) is 3.71. The van der Waals surface area contributed by atoms with Crippen LogP contribution in [-0.2, 0) is 11.2 Å². The zero-order valence-electron chi connectivity index (χ0n) is 12.1. The van der Waals surface area contributed by atoms with Gasteiger partial charge in [-0.1, -0.05) is 23.7 Å². The van der Waals surface area contributed by atoms with E-state index in [1.165, 1.54) is 5.56 Å². The van der Waals surface area contributed by atoms with Gasteiger partial charge in [0.05, 0.1) is 18.8 Å². The van der Waals surface area contributed by atoms with Gasteiger partial charge in [0.1, 0.15) is 0 Å². The number of morpholine rings is 1. The van der Waals surface area contributed by atoms with E-state index in [-0.39, 0.29) is 12.1 Å². The molecule has 21 heavy (non-hydrogen) atoms. The second-order valence-corrected chi connectivity index (χ2v) is 5.97. The Labute approximate surface area is 130 Å². The summed E-state index contributed by atoms with van der Waals surface area (Å²) in [7, 11) is 0. The van der Waals surface area contributed by atoms with Crippen LogP contribution in [0, 0.1) is 0 Å². The predicted octanol–water partition coefficient (Wildman–Crippen LogP) is 2.70. The van der Waals surface area contributed by atoms with Crippen LogP contribution < -0.4 is 5.32 Å². The first-order valence-corrected chi connectivity index (χ1v) is 7.69. The SMILES string of the molecule is C[C@@H]([C@H]1CN[C@@H](Cc2ccc(Cl)cc2)CO1)n1cccn1. The van der Waals surface area contributed by atoms with Crippen molar-refractivity contribution in [2.45, 2.75) is 31.5 Å². The number of aromatic nitrogens is 2. The first kappa shape index (κ1) is 14.6. The Morgan fingerprint density at radius 1 is 1.43 bits per heavy atom. The Morgan fingerprint density at radius 2 is 2.24 bits per heavy atom. The highest BCUT2D eigenvalue weighted by molar-refractivity contribution is 6.30. The first-order chi connectivity index (χ1) is 10.2. The molecule has 1 aromatic heterocycles. The minimum absolute atomic E-state index is 0.159. The number of nitrogens with one attached hydrogen (secondary N) is 1. The average Bonchev–Trinajstić information content (AvgIpc) is 3.04. The van der Waals surface area contributed by atoms with Crippen molar-refractivity contribution in [3.8, 4) is 0 Å². The molecule has 1 fully saturated rings. The minimum atomic E-state index is 0.159. The van der Waals surface area contributed by atoms with Crippen molar-refractivity contribution in [3.05, 3.63) is 53.3 Å². The van der Waals surface area contributed by atoms with E-state index in [1.54, 1.807) is 6.20 Å². The number of hydrogen-bond donors (Lipinski definition) is 1. The third-order valence-electron chi connectivity index (χ3n) is 3.99. The Morgan fingerprint density at radius 3 is 2.86 bits per heavy atom. The number of halogens is 1. The van der Waals surface area contributed by atoms with E-state index in [9.17, 15) is 0 Å². The molecule has 3 rings (SSSR count). The molecule has 2 heterocycles. The summed E-state index contributed by atoms with van der Waals surface area (Å²) in [5, 5.41) is 8.64. The highest BCUT2D eigenvalue weighted by atomic mass is 35.5. The van der Waals surface area contributed by atoms with Gasteiger partial charge < -0.3 is 10.1 Å². The second kappa shape index (κ2) is 6.60. The Hall–Kier alpha value is -1.36. The highest BCUT2D eigenvalue weighted by Gasteiger charge is 2.26. The maximum atomic E-state index is 6.02. The molecule has 1 aliphatic rings. The highest BCUT2D eigenvalue weighted by Crippen LogP contribution is 2.18. The van der Waals surface area contributed by atoms with Crippen molar-refractivity contribution < 1.29 is 4.74 Å². The van der Waals surface area contributed by atoms with Crippen molar-refractivity contribution in [2.75, 3.05) is 13.2 Å². The molecule has 2 aromatic rings. The second-order valence-electron chi connectivity index (χ2n) is 5.53. The standard InChI is InChI=1S/C16H20ClN3O/c1-12(20-8-2-7-19-20)16-10-18-15(11-21-16)9-13-3-5-14(17)6-4-13/h2-8,12,15-16,18H,9-11H2,1H3/t12-,15-,16+/m0/s1. The van der Waals surface area contributed by atoms with Crippen LogP contribution in [0.1, 0.15) is 18.5 Å². The topological polar surface area (TPSA) is 39.1 Å². The van der Waals surface area contributed by atoms with E-state index >= 15 is 0 Å². The molecule has 0 aliphatic carbocycles. The number of hydrogen-bond acceptors (Lipinski definition) is 3. The molecular weight excluding hydrogens is 286 g/mol. The quantitative estimate of drug-likeness (QED) is 0.944. The third-order valence-corrected chi connectivity index (χ3v) is 4.25. The van der Waals surface area contributed by atoms with Gasteiger partial charge in [0.15, 0.2) is 0 Å². The number of rotatable bonds is 4. The van der Waals surface area contributed by atoms with Crippen LogP contribution in [0.15, 0.2) is 42.7 Å². The van der Waals surface area contributed by atoms with Crippen molar-refractivity contribution >= 4 is 11.6 Å². The van der Waals surface area contributed by atoms with Gasteiger partial charge in [-0.2, -0.15) is 5.10 Å². The Bertz CT molecular complexity index is 547. The van der Waals surface area contributed by atoms with E-state index in [4.69, 9.17) is 16.3 Å². The summed E-state index contributed by atoms with van der Waals surface area (Å²) in [5.74, 6) is 0. The van der Waals surface area contributed by atoms with E-state index in [0.29, 0.717) is 6.04 Å². The molecule has 0 unspecified atom stereocenters. The molecule has 0 amide bonds. The van der Waals surface area contributed by atoms with Gasteiger partial charge in [-0.05, 0) is 37.1 Å². The molecule has 0 bridgehead atoms. The molecule has 0 saturated carbocycles. The summed E-state index contributed by atoms with van der Waals surface area (Å²) in [6.07, 6.45) is 4.90. The smallest absolute Gasteiger partial charge is 0.0921 e. The lowest BCUT2D eigenvalue weighted by Gasteiger charge is -2.33. The van der Waals surface area contributed by atoms with Crippen molar-refractivity contribution in [1.29, 1.82) is 0 Å². The van der Waals surface area contributed by atoms with Crippen molar-refractivity contribution in [2.24, 2.45) is 0 Å². The summed E-state index contributed by atoms with van der Waals surface area (Å²) in [4.78, 5) is 0. The van der Waals surface area contributed by atoms with E-state index in [1.807, 2.05) is 29.1 Å². The maximum Gasteiger partial charge on any atom is 0.0921 e. The van der Waals surface area contributed by atoms with E-state index in [2.05, 4.69) is 29.5 Å². The predicted molar refractivity (Wildman–Crippen MR) is 83.6 cm³/mol. The van der Waals surface area contributed by atoms with Crippen LogP contribution in [0.25, 0.3) is 0 Å². The lowest BCUT2D eigenvalue weighted by atomic mass is 10.0. The minimum Gasteiger partial charge on any atom is -0.373 e. The zero-order chi connectivity index (χ0) is 14.7. The summed E-state index contributed by atoms with van der Waals surface area (Å²) in [6, 6.07) is 10.5. The summed E-state index contributed by atoms with van der Waals surface area (Å²) >= 11 is 5.91. The normalized spacial score (nSPS) is 23.9. The molecule has 0 radical (unpaired) electrons. The van der Waals surface area contributed by atoms with Crippen molar-refractivity contribution in [1.82, 2.24) is 15.1 Å². The van der Waals surface area contributed by atoms with Gasteiger partial charge in [-0.3, -0.25) is 4.68 Å². The summed E-state index contributed by atoms with van der Waals surface area (Å²) in [5.41, 5.74) is 1.28. The fraction of sp³-hybridized carbons (Fsp3) is 0.438. The third kappa shape index (κ3) is 3.64. The lowest BCUT2D eigenvalue weighted by Crippen LogP contribution is -2.49. The molecule has 112 valence electrons. The number of benzene rings is 1. The van der Waals surface area contributed by atoms with E-state index in [0.717, 1.165) is 24.6 Å². The van der Waals surface area contributed by atoms with Gasteiger partial charge in [-0.25, -0.2) is 0 Å². The fourth-order valence-electron chi connectivity index (χ4n) is 2.68. The van der Waals surface area contributed by atoms with Gasteiger partial charge >= 0.3 is 0 Å². The Kier molecular flexibility index (Phi) is 4.58. The van der Waals surface area contributed by atoms with Crippen LogP contribution in [0.4, 0.5) is 0 Å². The van der Waals surface area contributed by atoms with Crippen molar-refractivity contribution in [3.63, 3.8) is 0 Å². The molecule has 4 nitrogen and oxygen atoms in total. The molecule has 1 N–H and O–H groups in total. The van der Waals surface area contributed by atoms with Crippen LogP contribution >= 0.6 is 11.6 Å². The Balaban J connectivity index is 1.52. The largest absolute Gasteiger partial charge is 0.373 e. The number of nitrogens with zero attached hydrogens (tertiary/aromatic N) is 2. The van der Waals surface area contributed by atoms with E-state index < -0.39 is 0 Å². The number of ether oxygens (including phenoxy) is 1. The van der Waals surface area contributed by atoms with Gasteiger partial charge in [0.2, 0.25) is 0 Å². The average molecular weight is 306 g/mol. The lowest BCUT2D eigenvalue weighted by molar-refractivity contribution is -0.0236. The van der Waals surface area contributed by atoms with Crippen LogP contribution in [0.3, 0.4) is 0 Å². The molecule has 5 heteroatoms. The van der Waals surface area contributed by atoms with Crippen LogP contribution in [0.5, 0.6) is 0 Å². The van der Waals surface area contributed by atoms with Crippen LogP contribution in [-0.4, -0.2) is 35.1 Å². The molecule has 1 saturated heterocycles. The molecule has 3 atom stereocenters. The van der Waals surface area contributed by atoms with Gasteiger partial charge in [0.25, 0.3) is 0 Å².